The number of nitrogens with zero attached hydrogens (tertiary/aromatic N) is 2. The average Bonchev–Trinajstić information content (AvgIpc) is 2.72. The van der Waals surface area contributed by atoms with Crippen LogP contribution in [0.3, 0.4) is 0 Å². The Morgan fingerprint density at radius 2 is 1.93 bits per heavy atom. The van der Waals surface area contributed by atoms with Crippen LogP contribution < -0.4 is 14.7 Å². The fourth-order valence-corrected chi connectivity index (χ4v) is 4.44. The Balaban J connectivity index is 1.61. The number of ether oxygens (including phenoxy) is 1. The molecule has 2 aromatic carbocycles. The number of quaternary nitrogens is 1. The number of fused-ring (bicyclic) bond motifs is 1. The molecule has 1 spiro atoms. The Morgan fingerprint density at radius 3 is 2.63 bits per heavy atom. The van der Waals surface area contributed by atoms with Crippen molar-refractivity contribution in [2.75, 3.05) is 27.2 Å². The van der Waals surface area contributed by atoms with Crippen LogP contribution in [0.1, 0.15) is 16.7 Å². The molecule has 0 bridgehead atoms. The molecule has 0 saturated carbocycles. The maximum absolute atomic E-state index is 13.5. The van der Waals surface area contributed by atoms with E-state index in [4.69, 9.17) is 4.74 Å². The minimum Gasteiger partial charge on any atom is -0.861 e. The van der Waals surface area contributed by atoms with Gasteiger partial charge in [0, 0.05) is 18.5 Å². The number of methoxy groups -OCH3 is 1. The van der Waals surface area contributed by atoms with Crippen molar-refractivity contribution in [2.45, 2.75) is 19.8 Å². The van der Waals surface area contributed by atoms with Gasteiger partial charge in [0.25, 0.3) is 0 Å². The summed E-state index contributed by atoms with van der Waals surface area (Å²) in [7, 11) is 3.54. The molecule has 2 heterocycles. The summed E-state index contributed by atoms with van der Waals surface area (Å²) >= 11 is 0. The molecule has 7 heteroatoms. The SMILES string of the molecule is COc1ccc(CCN2C(=O)N=C([O-])C3(Cc4cc(C)ccc4[NH+](C)C3)C2=O)cc1. The van der Waals surface area contributed by atoms with Gasteiger partial charge in [-0.05, 0) is 43.0 Å². The lowest BCUT2D eigenvalue weighted by molar-refractivity contribution is -0.818. The largest absolute Gasteiger partial charge is 0.861 e. The molecule has 7 nitrogen and oxygen atoms in total. The van der Waals surface area contributed by atoms with E-state index in [9.17, 15) is 14.7 Å². The molecule has 2 aliphatic rings. The Labute approximate surface area is 175 Å². The second-order valence-electron chi connectivity index (χ2n) is 8.13. The van der Waals surface area contributed by atoms with Gasteiger partial charge in [0.05, 0.1) is 14.2 Å². The fourth-order valence-electron chi connectivity index (χ4n) is 4.44. The third-order valence-corrected chi connectivity index (χ3v) is 6.05. The maximum Gasteiger partial charge on any atom is 0.349 e. The number of benzene rings is 2. The van der Waals surface area contributed by atoms with Crippen LogP contribution in [0.15, 0.2) is 47.5 Å². The number of carbonyl (C=O) groups is 2. The standard InChI is InChI=1S/C23H25N3O4/c1-15-4-9-19-17(12-15)13-23(14-25(19)2)20(27)24-22(29)26(21(23)28)11-10-16-5-7-18(30-3)8-6-16/h4-9,12H,10-11,13-14H2,1-3H3,(H,24,27,29). The number of aliphatic imine (C=N–C) groups is 1. The van der Waals surface area contributed by atoms with Crippen molar-refractivity contribution in [3.63, 3.8) is 0 Å². The number of amides is 3. The molecule has 1 N–H and O–H groups in total. The van der Waals surface area contributed by atoms with Crippen LogP contribution in [-0.2, 0) is 17.6 Å². The highest BCUT2D eigenvalue weighted by Crippen LogP contribution is 2.34. The predicted octanol–water partition coefficient (Wildman–Crippen LogP) is 0.656. The minimum absolute atomic E-state index is 0.183. The van der Waals surface area contributed by atoms with Gasteiger partial charge in [-0.2, -0.15) is 0 Å². The molecule has 0 aliphatic carbocycles. The number of carbonyl (C=O) groups excluding carboxylic acids is 2. The Bertz CT molecular complexity index is 1030. The number of urea groups is 1. The van der Waals surface area contributed by atoms with Crippen molar-refractivity contribution in [2.24, 2.45) is 10.4 Å². The normalized spacial score (nSPS) is 23.4. The Morgan fingerprint density at radius 1 is 1.20 bits per heavy atom. The van der Waals surface area contributed by atoms with Gasteiger partial charge in [0.2, 0.25) is 5.91 Å². The predicted molar refractivity (Wildman–Crippen MR) is 110 cm³/mol. The number of rotatable bonds is 4. The van der Waals surface area contributed by atoms with E-state index in [0.29, 0.717) is 6.42 Å². The lowest BCUT2D eigenvalue weighted by Crippen LogP contribution is -3.08. The number of nitrogens with one attached hydrogen (secondary N) is 1. The fraction of sp³-hybridized carbons (Fsp3) is 0.348. The van der Waals surface area contributed by atoms with E-state index in [1.54, 1.807) is 7.11 Å². The summed E-state index contributed by atoms with van der Waals surface area (Å²) in [5.74, 6) is -0.317. The molecule has 3 amide bonds. The summed E-state index contributed by atoms with van der Waals surface area (Å²) in [5, 5.41) is 12.9. The topological polar surface area (TPSA) is 86.5 Å². The van der Waals surface area contributed by atoms with E-state index in [0.717, 1.165) is 37.9 Å². The monoisotopic (exact) mass is 407 g/mol. The zero-order valence-corrected chi connectivity index (χ0v) is 17.4. The van der Waals surface area contributed by atoms with E-state index in [1.807, 2.05) is 56.4 Å². The van der Waals surface area contributed by atoms with Crippen molar-refractivity contribution in [1.82, 2.24) is 4.90 Å². The van der Waals surface area contributed by atoms with Crippen molar-refractivity contribution in [3.8, 4) is 5.75 Å². The van der Waals surface area contributed by atoms with Crippen molar-refractivity contribution in [3.05, 3.63) is 59.2 Å². The van der Waals surface area contributed by atoms with Crippen molar-refractivity contribution in [1.29, 1.82) is 0 Å². The first-order valence-electron chi connectivity index (χ1n) is 10.0. The van der Waals surface area contributed by atoms with Gasteiger partial charge in [0.15, 0.2) is 0 Å². The molecular formula is C23H25N3O4. The molecule has 0 radical (unpaired) electrons. The summed E-state index contributed by atoms with van der Waals surface area (Å²) in [6.07, 6.45) is 0.758. The molecule has 2 aliphatic heterocycles. The summed E-state index contributed by atoms with van der Waals surface area (Å²) in [4.78, 5) is 31.8. The number of aryl methyl sites for hydroxylation is 1. The highest BCUT2D eigenvalue weighted by molar-refractivity contribution is 6.16. The highest BCUT2D eigenvalue weighted by atomic mass is 16.5. The molecule has 0 fully saturated rings. The van der Waals surface area contributed by atoms with Crippen LogP contribution in [0.5, 0.6) is 5.75 Å². The van der Waals surface area contributed by atoms with Crippen molar-refractivity contribution < 1.29 is 24.3 Å². The van der Waals surface area contributed by atoms with Crippen LogP contribution in [0.25, 0.3) is 0 Å². The van der Waals surface area contributed by atoms with Crippen LogP contribution in [0, 0.1) is 12.3 Å². The molecule has 0 saturated heterocycles. The lowest BCUT2D eigenvalue weighted by atomic mass is 9.75. The third kappa shape index (κ3) is 3.35. The zero-order chi connectivity index (χ0) is 21.5. The van der Waals surface area contributed by atoms with E-state index in [2.05, 4.69) is 4.99 Å². The van der Waals surface area contributed by atoms with E-state index in [1.165, 1.54) is 0 Å². The van der Waals surface area contributed by atoms with Gasteiger partial charge >= 0.3 is 6.03 Å². The first-order chi connectivity index (χ1) is 14.3. The van der Waals surface area contributed by atoms with Crippen LogP contribution >= 0.6 is 0 Å². The highest BCUT2D eigenvalue weighted by Gasteiger charge is 2.52. The Kier molecular flexibility index (Phi) is 5.07. The third-order valence-electron chi connectivity index (χ3n) is 6.05. The van der Waals surface area contributed by atoms with Gasteiger partial charge in [-0.1, -0.05) is 29.8 Å². The smallest absolute Gasteiger partial charge is 0.349 e. The molecule has 2 unspecified atom stereocenters. The summed E-state index contributed by atoms with van der Waals surface area (Å²) in [5.41, 5.74) is 2.75. The van der Waals surface area contributed by atoms with Gasteiger partial charge in [-0.15, -0.1) is 0 Å². The average molecular weight is 407 g/mol. The minimum atomic E-state index is -1.32. The van der Waals surface area contributed by atoms with E-state index in [-0.39, 0.29) is 19.5 Å². The zero-order valence-electron chi connectivity index (χ0n) is 17.4. The number of imide groups is 1. The summed E-state index contributed by atoms with van der Waals surface area (Å²) in [6.45, 7) is 2.45. The summed E-state index contributed by atoms with van der Waals surface area (Å²) in [6, 6.07) is 12.8. The molecule has 2 atom stereocenters. The molecule has 30 heavy (non-hydrogen) atoms. The second kappa shape index (κ2) is 7.57. The van der Waals surface area contributed by atoms with Gasteiger partial charge < -0.3 is 14.7 Å². The van der Waals surface area contributed by atoms with E-state index < -0.39 is 23.3 Å². The quantitative estimate of drug-likeness (QED) is 0.807. The Hall–Kier alpha value is -3.19. The summed E-state index contributed by atoms with van der Waals surface area (Å²) < 4.78 is 5.16. The van der Waals surface area contributed by atoms with Crippen LogP contribution in [-0.4, -0.2) is 50.0 Å². The van der Waals surface area contributed by atoms with Crippen LogP contribution in [0.4, 0.5) is 10.5 Å². The maximum atomic E-state index is 13.5. The molecule has 0 aromatic heterocycles. The van der Waals surface area contributed by atoms with Crippen LogP contribution in [0.2, 0.25) is 0 Å². The second-order valence-corrected chi connectivity index (χ2v) is 8.13. The van der Waals surface area contributed by atoms with Crippen molar-refractivity contribution >= 4 is 23.5 Å². The van der Waals surface area contributed by atoms with Gasteiger partial charge in [-0.3, -0.25) is 9.69 Å². The lowest BCUT2D eigenvalue weighted by Gasteiger charge is -2.45. The molecule has 2 aromatic rings. The molecular weight excluding hydrogens is 382 g/mol. The van der Waals surface area contributed by atoms with Gasteiger partial charge in [-0.25, -0.2) is 9.79 Å². The first-order valence-corrected chi connectivity index (χ1v) is 10.0. The number of hydrogen-bond donors (Lipinski definition) is 1. The first kappa shape index (κ1) is 20.1. The van der Waals surface area contributed by atoms with Gasteiger partial charge in [0.1, 0.15) is 23.4 Å². The van der Waals surface area contributed by atoms with E-state index >= 15 is 0 Å². The molecule has 156 valence electrons. The number of hydrogen-bond acceptors (Lipinski definition) is 4. The molecule has 4 rings (SSSR count).